The summed E-state index contributed by atoms with van der Waals surface area (Å²) in [5.74, 6) is 1.02. The molecule has 1 aromatic heterocycles. The molecule has 1 N–H and O–H groups in total. The second-order valence-electron chi connectivity index (χ2n) is 6.49. The molecule has 1 saturated heterocycles. The first kappa shape index (κ1) is 17.4. The van der Waals surface area contributed by atoms with Crippen LogP contribution in [0.1, 0.15) is 33.8 Å². The molecule has 5 nitrogen and oxygen atoms in total. The van der Waals surface area contributed by atoms with Gasteiger partial charge in [-0.15, -0.1) is 0 Å². The first-order valence-electron chi connectivity index (χ1n) is 8.73. The highest BCUT2D eigenvalue weighted by Crippen LogP contribution is 2.28. The van der Waals surface area contributed by atoms with Gasteiger partial charge in [-0.1, -0.05) is 24.3 Å². The molecule has 1 atom stereocenters. The second-order valence-corrected chi connectivity index (χ2v) is 6.49. The SMILES string of the molecule is COc1ccc(C(=O)NCCN2CC[C@H](c3ccccc3C)C2)cn1. The van der Waals surface area contributed by atoms with Crippen molar-refractivity contribution in [1.82, 2.24) is 15.2 Å². The number of hydrogen-bond acceptors (Lipinski definition) is 4. The van der Waals surface area contributed by atoms with Crippen LogP contribution in [0.5, 0.6) is 5.88 Å². The Balaban J connectivity index is 1.45. The van der Waals surface area contributed by atoms with E-state index in [1.54, 1.807) is 19.2 Å². The molecular weight excluding hydrogens is 314 g/mol. The molecule has 2 aromatic rings. The van der Waals surface area contributed by atoms with E-state index >= 15 is 0 Å². The van der Waals surface area contributed by atoms with Gasteiger partial charge in [-0.25, -0.2) is 4.98 Å². The minimum atomic E-state index is -0.0928. The van der Waals surface area contributed by atoms with E-state index in [9.17, 15) is 4.79 Å². The molecule has 132 valence electrons. The maximum absolute atomic E-state index is 12.1. The van der Waals surface area contributed by atoms with Crippen LogP contribution in [-0.2, 0) is 0 Å². The normalized spacial score (nSPS) is 17.4. The molecule has 0 unspecified atom stereocenters. The summed E-state index contributed by atoms with van der Waals surface area (Å²) in [6.45, 7) is 5.84. The minimum Gasteiger partial charge on any atom is -0.481 e. The number of methoxy groups -OCH3 is 1. The average Bonchev–Trinajstić information content (AvgIpc) is 3.10. The highest BCUT2D eigenvalue weighted by molar-refractivity contribution is 5.93. The lowest BCUT2D eigenvalue weighted by atomic mass is 9.94. The van der Waals surface area contributed by atoms with Crippen molar-refractivity contribution in [1.29, 1.82) is 0 Å². The molecule has 1 fully saturated rings. The van der Waals surface area contributed by atoms with Crippen LogP contribution in [0.3, 0.4) is 0 Å². The highest BCUT2D eigenvalue weighted by Gasteiger charge is 2.24. The Labute approximate surface area is 149 Å². The summed E-state index contributed by atoms with van der Waals surface area (Å²) in [5.41, 5.74) is 3.38. The van der Waals surface area contributed by atoms with Crippen LogP contribution in [0.15, 0.2) is 42.6 Å². The topological polar surface area (TPSA) is 54.5 Å². The maximum atomic E-state index is 12.1. The van der Waals surface area contributed by atoms with E-state index in [1.807, 2.05) is 0 Å². The van der Waals surface area contributed by atoms with Crippen molar-refractivity contribution >= 4 is 5.91 Å². The number of benzene rings is 1. The van der Waals surface area contributed by atoms with E-state index in [2.05, 4.69) is 46.4 Å². The summed E-state index contributed by atoms with van der Waals surface area (Å²) in [6, 6.07) is 12.1. The van der Waals surface area contributed by atoms with Gasteiger partial charge < -0.3 is 15.0 Å². The van der Waals surface area contributed by atoms with Gasteiger partial charge in [0, 0.05) is 31.9 Å². The summed E-state index contributed by atoms with van der Waals surface area (Å²) in [5, 5.41) is 2.97. The minimum absolute atomic E-state index is 0.0928. The maximum Gasteiger partial charge on any atom is 0.252 e. The van der Waals surface area contributed by atoms with Crippen molar-refractivity contribution in [3.05, 3.63) is 59.3 Å². The fourth-order valence-corrected chi connectivity index (χ4v) is 3.40. The lowest BCUT2D eigenvalue weighted by molar-refractivity contribution is 0.0949. The summed E-state index contributed by atoms with van der Waals surface area (Å²) >= 11 is 0. The van der Waals surface area contributed by atoms with E-state index < -0.39 is 0 Å². The van der Waals surface area contributed by atoms with Crippen molar-refractivity contribution < 1.29 is 9.53 Å². The summed E-state index contributed by atoms with van der Waals surface area (Å²) in [4.78, 5) is 18.6. The van der Waals surface area contributed by atoms with Gasteiger partial charge in [-0.3, -0.25) is 4.79 Å². The molecule has 0 saturated carbocycles. The van der Waals surface area contributed by atoms with Crippen molar-refractivity contribution in [3.63, 3.8) is 0 Å². The van der Waals surface area contributed by atoms with Crippen LogP contribution in [0.25, 0.3) is 0 Å². The van der Waals surface area contributed by atoms with E-state index in [1.165, 1.54) is 23.7 Å². The standard InChI is InChI=1S/C20H25N3O2/c1-15-5-3-4-6-18(15)17-9-11-23(14-17)12-10-21-20(24)16-7-8-19(25-2)22-13-16/h3-8,13,17H,9-12,14H2,1-2H3,(H,21,24)/t17-/m0/s1. The monoisotopic (exact) mass is 339 g/mol. The quantitative estimate of drug-likeness (QED) is 0.879. The largest absolute Gasteiger partial charge is 0.481 e. The molecule has 1 aliphatic rings. The second kappa shape index (κ2) is 8.12. The van der Waals surface area contributed by atoms with Gasteiger partial charge in [0.05, 0.1) is 12.7 Å². The number of rotatable bonds is 6. The van der Waals surface area contributed by atoms with Gasteiger partial charge >= 0.3 is 0 Å². The van der Waals surface area contributed by atoms with Gasteiger partial charge in [-0.2, -0.15) is 0 Å². The van der Waals surface area contributed by atoms with Crippen molar-refractivity contribution in [3.8, 4) is 5.88 Å². The van der Waals surface area contributed by atoms with E-state index in [4.69, 9.17) is 4.74 Å². The molecule has 25 heavy (non-hydrogen) atoms. The number of nitrogens with one attached hydrogen (secondary N) is 1. The number of pyridine rings is 1. The van der Waals surface area contributed by atoms with Gasteiger partial charge in [0.25, 0.3) is 5.91 Å². The zero-order valence-electron chi connectivity index (χ0n) is 14.9. The van der Waals surface area contributed by atoms with Gasteiger partial charge in [0.1, 0.15) is 0 Å². The first-order chi connectivity index (χ1) is 12.2. The molecule has 5 heteroatoms. The Morgan fingerprint density at radius 2 is 2.16 bits per heavy atom. The Morgan fingerprint density at radius 3 is 2.88 bits per heavy atom. The number of hydrogen-bond donors (Lipinski definition) is 1. The number of aromatic nitrogens is 1. The van der Waals surface area contributed by atoms with Crippen LogP contribution in [-0.4, -0.2) is 49.1 Å². The molecule has 0 bridgehead atoms. The van der Waals surface area contributed by atoms with Crippen molar-refractivity contribution in [2.75, 3.05) is 33.3 Å². The number of aryl methyl sites for hydroxylation is 1. The number of nitrogens with zero attached hydrogens (tertiary/aromatic N) is 2. The number of carbonyl (C=O) groups excluding carboxylic acids is 1. The van der Waals surface area contributed by atoms with Gasteiger partial charge in [-0.05, 0) is 43.0 Å². The van der Waals surface area contributed by atoms with E-state index in [0.717, 1.165) is 19.6 Å². The smallest absolute Gasteiger partial charge is 0.252 e. The van der Waals surface area contributed by atoms with Crippen LogP contribution in [0.2, 0.25) is 0 Å². The van der Waals surface area contributed by atoms with Gasteiger partial charge in [0.15, 0.2) is 0 Å². The number of carbonyl (C=O) groups is 1. The number of amides is 1. The van der Waals surface area contributed by atoms with E-state index in [-0.39, 0.29) is 5.91 Å². The Bertz CT molecular complexity index is 715. The molecule has 1 aliphatic heterocycles. The van der Waals surface area contributed by atoms with Crippen LogP contribution in [0.4, 0.5) is 0 Å². The lowest BCUT2D eigenvalue weighted by Gasteiger charge is -2.17. The summed E-state index contributed by atoms with van der Waals surface area (Å²) in [6.07, 6.45) is 2.72. The van der Waals surface area contributed by atoms with Crippen LogP contribution >= 0.6 is 0 Å². The number of ether oxygens (including phenoxy) is 1. The molecule has 1 amide bonds. The Kier molecular flexibility index (Phi) is 5.66. The average molecular weight is 339 g/mol. The van der Waals surface area contributed by atoms with Crippen LogP contribution in [0, 0.1) is 6.92 Å². The van der Waals surface area contributed by atoms with Crippen LogP contribution < -0.4 is 10.1 Å². The van der Waals surface area contributed by atoms with E-state index in [0.29, 0.717) is 23.9 Å². The molecule has 0 spiro atoms. The predicted molar refractivity (Wildman–Crippen MR) is 98.1 cm³/mol. The zero-order chi connectivity index (χ0) is 17.6. The Hall–Kier alpha value is -2.40. The number of likely N-dealkylation sites (tertiary alicyclic amines) is 1. The molecule has 1 aromatic carbocycles. The predicted octanol–water partition coefficient (Wildman–Crippen LogP) is 2.62. The first-order valence-corrected chi connectivity index (χ1v) is 8.73. The molecule has 0 aliphatic carbocycles. The summed E-state index contributed by atoms with van der Waals surface area (Å²) in [7, 11) is 1.56. The molecule has 3 rings (SSSR count). The van der Waals surface area contributed by atoms with Crippen molar-refractivity contribution in [2.24, 2.45) is 0 Å². The zero-order valence-corrected chi connectivity index (χ0v) is 14.9. The third-order valence-corrected chi connectivity index (χ3v) is 4.82. The molecule has 0 radical (unpaired) electrons. The Morgan fingerprint density at radius 1 is 1.32 bits per heavy atom. The van der Waals surface area contributed by atoms with Gasteiger partial charge in [0.2, 0.25) is 5.88 Å². The highest BCUT2D eigenvalue weighted by atomic mass is 16.5. The summed E-state index contributed by atoms with van der Waals surface area (Å²) < 4.78 is 5.00. The fourth-order valence-electron chi connectivity index (χ4n) is 3.40. The lowest BCUT2D eigenvalue weighted by Crippen LogP contribution is -2.33. The fraction of sp³-hybridized carbons (Fsp3) is 0.400. The third-order valence-electron chi connectivity index (χ3n) is 4.82. The third kappa shape index (κ3) is 4.37. The van der Waals surface area contributed by atoms with Crippen molar-refractivity contribution in [2.45, 2.75) is 19.3 Å². The molecule has 2 heterocycles. The molecular formula is C20H25N3O2.